The van der Waals surface area contributed by atoms with Crippen LogP contribution in [0.3, 0.4) is 0 Å². The molecule has 1 fully saturated rings. The minimum Gasteiger partial charge on any atom is -0.491 e. The van der Waals surface area contributed by atoms with Gasteiger partial charge in [0.25, 0.3) is 0 Å². The van der Waals surface area contributed by atoms with E-state index in [9.17, 15) is 36.3 Å². The minimum atomic E-state index is -1.48. The Hall–Kier alpha value is -4.30. The molecule has 44 heavy (non-hydrogen) atoms. The number of methoxy groups -OCH3 is 2. The molecule has 1 aliphatic heterocycles. The van der Waals surface area contributed by atoms with Gasteiger partial charge in [-0.2, -0.15) is 4.39 Å². The highest BCUT2D eigenvalue weighted by molar-refractivity contribution is 5.91. The third-order valence-electron chi connectivity index (χ3n) is 5.89. The van der Waals surface area contributed by atoms with Crippen LogP contribution in [-0.2, 0) is 14.2 Å². The van der Waals surface area contributed by atoms with Crippen LogP contribution < -0.4 is 19.7 Å². The van der Waals surface area contributed by atoms with Crippen LogP contribution in [0.4, 0.5) is 32.4 Å². The summed E-state index contributed by atoms with van der Waals surface area (Å²) in [5.74, 6) is -9.27. The second kappa shape index (κ2) is 15.4. The summed E-state index contributed by atoms with van der Waals surface area (Å²) in [5, 5.41) is 2.72. The summed E-state index contributed by atoms with van der Waals surface area (Å²) in [6, 6.07) is 0.942. The summed E-state index contributed by atoms with van der Waals surface area (Å²) < 4.78 is 92.7. The van der Waals surface area contributed by atoms with Gasteiger partial charge >= 0.3 is 18.0 Å². The lowest BCUT2D eigenvalue weighted by molar-refractivity contribution is 0.0500. The Kier molecular flexibility index (Phi) is 12.6. The van der Waals surface area contributed by atoms with Crippen LogP contribution >= 0.6 is 0 Å². The summed E-state index contributed by atoms with van der Waals surface area (Å²) in [7, 11) is 2.17. The van der Waals surface area contributed by atoms with Gasteiger partial charge in [0.2, 0.25) is 5.82 Å². The molecule has 10 nitrogen and oxygen atoms in total. The fraction of sp³-hybridized carbons (Fsp3) is 0.483. The number of hydrogen-bond acceptors (Lipinski definition) is 9. The maximum absolute atomic E-state index is 14.7. The van der Waals surface area contributed by atoms with Gasteiger partial charge in [0.15, 0.2) is 34.8 Å². The zero-order valence-corrected chi connectivity index (χ0v) is 25.4. The zero-order valence-electron chi connectivity index (χ0n) is 25.4. The maximum atomic E-state index is 14.7. The number of nitrogens with zero attached hydrogens (tertiary/aromatic N) is 1. The highest BCUT2D eigenvalue weighted by Gasteiger charge is 2.33. The number of halogens is 5. The summed E-state index contributed by atoms with van der Waals surface area (Å²) >= 11 is 0. The fourth-order valence-electron chi connectivity index (χ4n) is 4.10. The lowest BCUT2D eigenvalue weighted by Crippen LogP contribution is -2.40. The predicted octanol–water partition coefficient (Wildman–Crippen LogP) is 5.54. The molecule has 1 unspecified atom stereocenters. The molecular formula is C29H35F5N2O8. The molecule has 15 heteroatoms. The first-order chi connectivity index (χ1) is 20.6. The number of hydrogen-bond donors (Lipinski definition) is 1. The first-order valence-corrected chi connectivity index (χ1v) is 13.5. The number of esters is 2. The average molecular weight is 635 g/mol. The quantitative estimate of drug-likeness (QED) is 0.173. The molecule has 0 radical (unpaired) electrons. The van der Waals surface area contributed by atoms with Crippen molar-refractivity contribution in [3.8, 4) is 11.5 Å². The average Bonchev–Trinajstić information content (AvgIpc) is 3.38. The molecule has 1 heterocycles. The highest BCUT2D eigenvalue weighted by Crippen LogP contribution is 2.38. The number of amides is 1. The van der Waals surface area contributed by atoms with E-state index in [0.717, 1.165) is 13.2 Å². The van der Waals surface area contributed by atoms with E-state index in [1.165, 1.54) is 14.0 Å². The topological polar surface area (TPSA) is 113 Å². The third-order valence-corrected chi connectivity index (χ3v) is 5.89. The number of alkyl carbamates (subject to hydrolysis) is 1. The van der Waals surface area contributed by atoms with Gasteiger partial charge in [-0.05, 0) is 53.2 Å². The number of benzene rings is 2. The van der Waals surface area contributed by atoms with Crippen molar-refractivity contribution in [2.75, 3.05) is 45.4 Å². The number of rotatable bonds is 8. The van der Waals surface area contributed by atoms with Gasteiger partial charge in [-0.15, -0.1) is 0 Å². The fourth-order valence-corrected chi connectivity index (χ4v) is 4.10. The molecule has 0 spiro atoms. The molecule has 244 valence electrons. The molecule has 3 rings (SSSR count). The molecular weight excluding hydrogens is 599 g/mol. The SMILES string of the molecule is CCOC(=O)c1cc(F)c(F)c(OC)c1F.CCOC(=O)c1cc(F)c(N2CCC(NC(=O)OC(C)(C)C)C2)c(OC)c1F. The van der Waals surface area contributed by atoms with E-state index in [1.807, 2.05) is 0 Å². The van der Waals surface area contributed by atoms with Gasteiger partial charge in [0.05, 0.1) is 33.5 Å². The van der Waals surface area contributed by atoms with Gasteiger partial charge in [-0.25, -0.2) is 31.9 Å². The van der Waals surface area contributed by atoms with E-state index >= 15 is 0 Å². The lowest BCUT2D eigenvalue weighted by atomic mass is 10.1. The van der Waals surface area contributed by atoms with Crippen molar-refractivity contribution in [1.82, 2.24) is 5.32 Å². The van der Waals surface area contributed by atoms with Crippen molar-refractivity contribution in [1.29, 1.82) is 0 Å². The predicted molar refractivity (Wildman–Crippen MR) is 148 cm³/mol. The standard InChI is InChI=1S/C19H26F2N2O5.C10H9F3O3/c1-6-27-17(24)12-9-13(20)15(16(26-5)14(12)21)23-8-7-11(10-23)22-18(25)28-19(2,3)4;1-3-16-10(14)5-4-6(11)8(13)9(15-2)7(5)12/h9,11H,6-8,10H2,1-5H3,(H,22,25);4H,3H2,1-2H3. The van der Waals surface area contributed by atoms with Crippen molar-refractivity contribution < 1.29 is 60.0 Å². The Bertz CT molecular complexity index is 1370. The van der Waals surface area contributed by atoms with Crippen molar-refractivity contribution >= 4 is 23.7 Å². The molecule has 0 aliphatic carbocycles. The molecule has 2 aromatic rings. The smallest absolute Gasteiger partial charge is 0.407 e. The van der Waals surface area contributed by atoms with Crippen LogP contribution in [-0.4, -0.2) is 70.2 Å². The Morgan fingerprint density at radius 3 is 1.82 bits per heavy atom. The molecule has 1 saturated heterocycles. The second-order valence-corrected chi connectivity index (χ2v) is 10.2. The highest BCUT2D eigenvalue weighted by atomic mass is 19.2. The number of carbonyl (C=O) groups excluding carboxylic acids is 3. The van der Waals surface area contributed by atoms with Gasteiger partial charge in [0, 0.05) is 13.1 Å². The summed E-state index contributed by atoms with van der Waals surface area (Å²) in [6.07, 6.45) is -0.0565. The van der Waals surface area contributed by atoms with Crippen molar-refractivity contribution in [3.05, 3.63) is 52.3 Å². The Morgan fingerprint density at radius 2 is 1.34 bits per heavy atom. The van der Waals surface area contributed by atoms with Gasteiger partial charge in [-0.3, -0.25) is 0 Å². The molecule has 0 saturated carbocycles. The normalized spacial score (nSPS) is 14.3. The molecule has 1 atom stereocenters. The van der Waals surface area contributed by atoms with Gasteiger partial charge in [-0.1, -0.05) is 0 Å². The van der Waals surface area contributed by atoms with Crippen LogP contribution in [0.25, 0.3) is 0 Å². The lowest BCUT2D eigenvalue weighted by Gasteiger charge is -2.24. The summed E-state index contributed by atoms with van der Waals surface area (Å²) in [5.41, 5.74) is -1.95. The summed E-state index contributed by atoms with van der Waals surface area (Å²) in [6.45, 7) is 8.97. The molecule has 1 aliphatic rings. The Morgan fingerprint density at radius 1 is 0.841 bits per heavy atom. The molecule has 0 bridgehead atoms. The van der Waals surface area contributed by atoms with Gasteiger partial charge in [0.1, 0.15) is 22.4 Å². The number of anilines is 1. The Balaban J connectivity index is 0.000000358. The largest absolute Gasteiger partial charge is 0.491 e. The van der Waals surface area contributed by atoms with E-state index in [1.54, 1.807) is 32.6 Å². The molecule has 0 aromatic heterocycles. The first-order valence-electron chi connectivity index (χ1n) is 13.5. The van der Waals surface area contributed by atoms with Crippen LogP contribution in [0.2, 0.25) is 0 Å². The van der Waals surface area contributed by atoms with Crippen molar-refractivity contribution in [2.24, 2.45) is 0 Å². The molecule has 1 N–H and O–H groups in total. The van der Waals surface area contributed by atoms with Crippen LogP contribution in [0.5, 0.6) is 11.5 Å². The van der Waals surface area contributed by atoms with Gasteiger partial charge < -0.3 is 33.9 Å². The van der Waals surface area contributed by atoms with E-state index in [0.29, 0.717) is 19.0 Å². The molecule has 2 aromatic carbocycles. The van der Waals surface area contributed by atoms with Crippen molar-refractivity contribution in [2.45, 2.75) is 52.7 Å². The van der Waals surface area contributed by atoms with Crippen LogP contribution in [0, 0.1) is 29.1 Å². The monoisotopic (exact) mass is 634 g/mol. The van der Waals surface area contributed by atoms with E-state index in [4.69, 9.17) is 14.2 Å². The van der Waals surface area contributed by atoms with E-state index in [2.05, 4.69) is 14.8 Å². The van der Waals surface area contributed by atoms with E-state index < -0.39 is 69.6 Å². The summed E-state index contributed by atoms with van der Waals surface area (Å²) in [4.78, 5) is 36.5. The number of carbonyl (C=O) groups is 3. The first kappa shape index (κ1) is 35.9. The maximum Gasteiger partial charge on any atom is 0.407 e. The zero-order chi connectivity index (χ0) is 33.4. The second-order valence-electron chi connectivity index (χ2n) is 10.2. The van der Waals surface area contributed by atoms with Crippen LogP contribution in [0.15, 0.2) is 12.1 Å². The molecule has 1 amide bonds. The van der Waals surface area contributed by atoms with E-state index in [-0.39, 0.29) is 37.2 Å². The number of nitrogens with one attached hydrogen (secondary N) is 1. The van der Waals surface area contributed by atoms with Crippen molar-refractivity contribution in [3.63, 3.8) is 0 Å². The third kappa shape index (κ3) is 8.86. The minimum absolute atomic E-state index is 0.000412. The Labute approximate surface area is 251 Å². The van der Waals surface area contributed by atoms with Crippen LogP contribution in [0.1, 0.15) is 61.8 Å². The number of ether oxygens (including phenoxy) is 5.